The van der Waals surface area contributed by atoms with Crippen LogP contribution in [-0.2, 0) is 0 Å². The summed E-state index contributed by atoms with van der Waals surface area (Å²) in [6, 6.07) is 24.4. The number of thiocarbonyl (C=S) groups is 1. The van der Waals surface area contributed by atoms with Crippen LogP contribution in [0.5, 0.6) is 5.75 Å². The van der Waals surface area contributed by atoms with Crippen molar-refractivity contribution in [1.82, 2.24) is 14.9 Å². The third-order valence-electron chi connectivity index (χ3n) is 7.01. The summed E-state index contributed by atoms with van der Waals surface area (Å²) in [6.07, 6.45) is 8.82. The molecule has 4 aromatic rings. The van der Waals surface area contributed by atoms with Crippen LogP contribution < -0.4 is 15.0 Å². The topological polar surface area (TPSA) is 42.3 Å². The Bertz CT molecular complexity index is 1330. The van der Waals surface area contributed by atoms with E-state index in [0.29, 0.717) is 11.2 Å². The molecule has 7 heteroatoms. The Kier molecular flexibility index (Phi) is 6.15. The number of hydrogen-bond acceptors (Lipinski definition) is 3. The standard InChI is InChI=1S/C29H27FN4OS/c30-20-10-12-21(13-11-20)33-19-5-9-26(33)28-27(25-8-3-4-18-31-25)32-29(36)34(28)22-14-16-24(17-15-22)35-23-6-1-2-7-23/h3-5,8-19,23,27-28H,1-2,6-7H2,(H,32,36)/t27-,28-/m1/s1. The van der Waals surface area contributed by atoms with Crippen LogP contribution in [0.2, 0.25) is 0 Å². The lowest BCUT2D eigenvalue weighted by Gasteiger charge is -2.29. The summed E-state index contributed by atoms with van der Waals surface area (Å²) >= 11 is 5.87. The summed E-state index contributed by atoms with van der Waals surface area (Å²) < 4.78 is 21.9. The van der Waals surface area contributed by atoms with Crippen LogP contribution in [0.3, 0.4) is 0 Å². The molecule has 5 nitrogen and oxygen atoms in total. The molecule has 1 aliphatic heterocycles. The number of pyridine rings is 1. The highest BCUT2D eigenvalue weighted by Gasteiger charge is 2.42. The maximum atomic E-state index is 13.6. The van der Waals surface area contributed by atoms with Crippen LogP contribution in [0.4, 0.5) is 10.1 Å². The van der Waals surface area contributed by atoms with E-state index in [9.17, 15) is 4.39 Å². The predicted molar refractivity (Wildman–Crippen MR) is 143 cm³/mol. The Balaban J connectivity index is 1.39. The fourth-order valence-electron chi connectivity index (χ4n) is 5.29. The highest BCUT2D eigenvalue weighted by atomic mass is 32.1. The van der Waals surface area contributed by atoms with Gasteiger partial charge in [0.05, 0.1) is 17.8 Å². The lowest BCUT2D eigenvalue weighted by atomic mass is 10.0. The first-order valence-electron chi connectivity index (χ1n) is 12.4. The normalized spacial score (nSPS) is 20.0. The van der Waals surface area contributed by atoms with Gasteiger partial charge in [-0.3, -0.25) is 4.98 Å². The number of aromatic nitrogens is 2. The molecule has 1 saturated heterocycles. The SMILES string of the molecule is Fc1ccc(-n2cccc2[C@@H]2[C@@H](c3ccccn3)NC(=S)N2c2ccc(OC3CCCC3)cc2)cc1. The summed E-state index contributed by atoms with van der Waals surface area (Å²) in [5.41, 5.74) is 3.78. The van der Waals surface area contributed by atoms with Gasteiger partial charge in [0.25, 0.3) is 0 Å². The van der Waals surface area contributed by atoms with Crippen molar-refractivity contribution in [3.8, 4) is 11.4 Å². The maximum Gasteiger partial charge on any atom is 0.174 e. The van der Waals surface area contributed by atoms with Crippen LogP contribution in [0.15, 0.2) is 91.3 Å². The summed E-state index contributed by atoms with van der Waals surface area (Å²) in [5.74, 6) is 0.625. The minimum absolute atomic E-state index is 0.165. The van der Waals surface area contributed by atoms with Crippen molar-refractivity contribution < 1.29 is 9.13 Å². The molecule has 2 aromatic carbocycles. The zero-order valence-corrected chi connectivity index (χ0v) is 20.6. The lowest BCUT2D eigenvalue weighted by Crippen LogP contribution is -2.30. The largest absolute Gasteiger partial charge is 0.490 e. The minimum Gasteiger partial charge on any atom is -0.490 e. The molecule has 2 atom stereocenters. The first-order valence-corrected chi connectivity index (χ1v) is 12.8. The fourth-order valence-corrected chi connectivity index (χ4v) is 5.64. The smallest absolute Gasteiger partial charge is 0.174 e. The third kappa shape index (κ3) is 4.35. The van der Waals surface area contributed by atoms with Gasteiger partial charge in [0.2, 0.25) is 0 Å². The van der Waals surface area contributed by atoms with E-state index in [1.54, 1.807) is 18.3 Å². The van der Waals surface area contributed by atoms with Gasteiger partial charge in [0.1, 0.15) is 17.6 Å². The molecule has 0 spiro atoms. The van der Waals surface area contributed by atoms with Crippen LogP contribution in [0.1, 0.15) is 49.2 Å². The number of nitrogens with one attached hydrogen (secondary N) is 1. The van der Waals surface area contributed by atoms with Crippen molar-refractivity contribution in [2.75, 3.05) is 4.90 Å². The van der Waals surface area contributed by atoms with E-state index < -0.39 is 0 Å². The molecule has 0 amide bonds. The van der Waals surface area contributed by atoms with Crippen LogP contribution in [0, 0.1) is 5.82 Å². The molecule has 2 aliphatic rings. The number of anilines is 1. The highest BCUT2D eigenvalue weighted by molar-refractivity contribution is 7.80. The van der Waals surface area contributed by atoms with E-state index in [4.69, 9.17) is 17.0 Å². The first kappa shape index (κ1) is 22.7. The first-order chi connectivity index (χ1) is 17.7. The maximum absolute atomic E-state index is 13.6. The van der Waals surface area contributed by atoms with Crippen LogP contribution in [-0.4, -0.2) is 20.8 Å². The Hall–Kier alpha value is -3.71. The van der Waals surface area contributed by atoms with Crippen molar-refractivity contribution in [3.05, 3.63) is 108 Å². The van der Waals surface area contributed by atoms with E-state index >= 15 is 0 Å². The van der Waals surface area contributed by atoms with Gasteiger partial charge in [-0.15, -0.1) is 0 Å². The summed E-state index contributed by atoms with van der Waals surface area (Å²) in [4.78, 5) is 6.78. The number of ether oxygens (including phenoxy) is 1. The molecule has 2 fully saturated rings. The molecule has 2 aromatic heterocycles. The zero-order valence-electron chi connectivity index (χ0n) is 19.8. The van der Waals surface area contributed by atoms with Crippen molar-refractivity contribution in [2.45, 2.75) is 43.9 Å². The molecular weight excluding hydrogens is 471 g/mol. The average Bonchev–Trinajstić information content (AvgIpc) is 3.66. The Morgan fingerprint density at radius 3 is 2.36 bits per heavy atom. The van der Waals surface area contributed by atoms with Crippen molar-refractivity contribution >= 4 is 23.0 Å². The number of rotatable bonds is 6. The summed E-state index contributed by atoms with van der Waals surface area (Å²) in [5, 5.41) is 4.14. The van der Waals surface area contributed by atoms with Crippen molar-refractivity contribution in [1.29, 1.82) is 0 Å². The van der Waals surface area contributed by atoms with Gasteiger partial charge in [0.15, 0.2) is 5.11 Å². The van der Waals surface area contributed by atoms with E-state index in [2.05, 4.69) is 38.0 Å². The second-order valence-electron chi connectivity index (χ2n) is 9.29. The monoisotopic (exact) mass is 498 g/mol. The average molecular weight is 499 g/mol. The van der Waals surface area contributed by atoms with Gasteiger partial charge in [-0.1, -0.05) is 6.07 Å². The van der Waals surface area contributed by atoms with Gasteiger partial charge in [0, 0.05) is 29.5 Å². The Labute approximate surface area is 215 Å². The number of hydrogen-bond donors (Lipinski definition) is 1. The predicted octanol–water partition coefficient (Wildman–Crippen LogP) is 6.51. The minimum atomic E-state index is -0.260. The van der Waals surface area contributed by atoms with Gasteiger partial charge >= 0.3 is 0 Å². The molecule has 0 unspecified atom stereocenters. The molecule has 0 bridgehead atoms. The van der Waals surface area contributed by atoms with E-state index in [1.165, 1.54) is 25.0 Å². The fraction of sp³-hybridized carbons (Fsp3) is 0.241. The molecule has 1 N–H and O–H groups in total. The Morgan fingerprint density at radius 2 is 1.64 bits per heavy atom. The van der Waals surface area contributed by atoms with E-state index in [0.717, 1.165) is 41.4 Å². The number of halogens is 1. The van der Waals surface area contributed by atoms with Gasteiger partial charge in [-0.05, 0) is 111 Å². The van der Waals surface area contributed by atoms with E-state index in [-0.39, 0.29) is 17.9 Å². The number of benzene rings is 2. The number of nitrogens with zero attached hydrogens (tertiary/aromatic N) is 3. The van der Waals surface area contributed by atoms with Crippen LogP contribution in [0.25, 0.3) is 5.69 Å². The Morgan fingerprint density at radius 1 is 0.889 bits per heavy atom. The molecule has 0 radical (unpaired) electrons. The van der Waals surface area contributed by atoms with Crippen molar-refractivity contribution in [2.24, 2.45) is 0 Å². The van der Waals surface area contributed by atoms with Gasteiger partial charge in [-0.25, -0.2) is 4.39 Å². The van der Waals surface area contributed by atoms with Crippen LogP contribution >= 0.6 is 12.2 Å². The summed E-state index contributed by atoms with van der Waals surface area (Å²) in [7, 11) is 0. The molecule has 1 saturated carbocycles. The van der Waals surface area contributed by atoms with Crippen molar-refractivity contribution in [3.63, 3.8) is 0 Å². The lowest BCUT2D eigenvalue weighted by molar-refractivity contribution is 0.210. The summed E-state index contributed by atoms with van der Waals surface area (Å²) in [6.45, 7) is 0. The highest BCUT2D eigenvalue weighted by Crippen LogP contribution is 2.42. The zero-order chi connectivity index (χ0) is 24.5. The second kappa shape index (κ2) is 9.74. The van der Waals surface area contributed by atoms with E-state index in [1.807, 2.05) is 42.6 Å². The molecule has 182 valence electrons. The van der Waals surface area contributed by atoms with Gasteiger partial charge in [-0.2, -0.15) is 0 Å². The molecular formula is C29H27FN4OS. The van der Waals surface area contributed by atoms with Gasteiger partial charge < -0.3 is 19.5 Å². The molecule has 3 heterocycles. The quantitative estimate of drug-likeness (QED) is 0.307. The second-order valence-corrected chi connectivity index (χ2v) is 9.68. The molecule has 1 aliphatic carbocycles. The molecule has 36 heavy (non-hydrogen) atoms. The third-order valence-corrected chi connectivity index (χ3v) is 7.32. The molecule has 6 rings (SSSR count).